The first kappa shape index (κ1) is 13.9. The quantitative estimate of drug-likeness (QED) is 0.512. The molecule has 0 spiro atoms. The molecule has 0 rings (SSSR count). The second kappa shape index (κ2) is 3.79. The van der Waals surface area contributed by atoms with E-state index < -0.39 is 23.4 Å². The number of hydrogen-bond acceptors (Lipinski definition) is 0. The summed E-state index contributed by atoms with van der Waals surface area (Å²) in [4.78, 5) is 1.12. The summed E-state index contributed by atoms with van der Waals surface area (Å²) in [5.74, 6) is 0. The molecule has 0 saturated heterocycles. The molecule has 0 fully saturated rings. The average Bonchev–Trinajstić information content (AvgIpc) is 1.44. The molecule has 3 heteroatoms. The molecule has 0 unspecified atom stereocenters. The average molecular weight is 235 g/mol. The summed E-state index contributed by atoms with van der Waals surface area (Å²) < 4.78 is 0. The lowest BCUT2D eigenvalue weighted by atomic mass is 11.7. The zero-order chi connectivity index (χ0) is 11.1. The van der Waals surface area contributed by atoms with Crippen LogP contribution in [0.4, 0.5) is 0 Å². The molecular formula is C10H28PSi2+. The molecule has 0 N–H and O–H groups in total. The van der Waals surface area contributed by atoms with Gasteiger partial charge in [-0.15, -0.1) is 0 Å². The zero-order valence-corrected chi connectivity index (χ0v) is 13.9. The van der Waals surface area contributed by atoms with Crippen molar-refractivity contribution in [1.29, 1.82) is 0 Å². The van der Waals surface area contributed by atoms with Crippen LogP contribution in [0.2, 0.25) is 39.3 Å². The summed E-state index contributed by atoms with van der Waals surface area (Å²) in [5, 5.41) is 0. The van der Waals surface area contributed by atoms with Gasteiger partial charge in [0.25, 0.3) is 0 Å². The maximum Gasteiger partial charge on any atom is 0.0882 e. The third-order valence-corrected chi connectivity index (χ3v) is 21.7. The van der Waals surface area contributed by atoms with E-state index >= 15 is 0 Å². The Balaban J connectivity index is 5.02. The lowest BCUT2D eigenvalue weighted by Gasteiger charge is -2.41. The lowest BCUT2D eigenvalue weighted by molar-refractivity contribution is 1.42. The fourth-order valence-electron chi connectivity index (χ4n) is 3.62. The summed E-state index contributed by atoms with van der Waals surface area (Å²) in [6.45, 7) is 22.9. The second-order valence-electron chi connectivity index (χ2n) is 7.25. The summed E-state index contributed by atoms with van der Waals surface area (Å²) in [6, 6.07) is 0. The molecule has 13 heavy (non-hydrogen) atoms. The van der Waals surface area contributed by atoms with Crippen molar-refractivity contribution in [3.63, 3.8) is 0 Å². The highest BCUT2D eigenvalue weighted by Crippen LogP contribution is 2.58. The van der Waals surface area contributed by atoms with E-state index in [9.17, 15) is 0 Å². The van der Waals surface area contributed by atoms with Crippen molar-refractivity contribution in [2.45, 2.75) is 44.2 Å². The number of hydrogen-bond donors (Lipinski definition) is 0. The van der Waals surface area contributed by atoms with Gasteiger partial charge in [0.15, 0.2) is 0 Å². The van der Waals surface area contributed by atoms with Crippen molar-refractivity contribution in [1.82, 2.24) is 0 Å². The minimum Gasteiger partial charge on any atom is -0.0664 e. The Morgan fingerprint density at radius 3 is 0.923 bits per heavy atom. The van der Waals surface area contributed by atoms with Crippen molar-refractivity contribution < 1.29 is 0 Å². The molecule has 0 radical (unpaired) electrons. The standard InChI is InChI=1S/C10H28PSi2/c1-11(2,3)10(12(4,5)6)13(7,8)9/h10H,1-9H3/q+1. The van der Waals surface area contributed by atoms with E-state index in [0.717, 1.165) is 4.91 Å². The SMILES string of the molecule is C[Si](C)(C)C([Si](C)(C)C)[P+](C)(C)C. The summed E-state index contributed by atoms with van der Waals surface area (Å²) in [7, 11) is -2.54. The van der Waals surface area contributed by atoms with Crippen LogP contribution in [0.1, 0.15) is 0 Å². The van der Waals surface area contributed by atoms with Gasteiger partial charge in [-0.3, -0.25) is 0 Å². The fourth-order valence-corrected chi connectivity index (χ4v) is 32.6. The predicted octanol–water partition coefficient (Wildman–Crippen LogP) is 4.02. The molecule has 80 valence electrons. The molecule has 0 aromatic carbocycles. The Bertz CT molecular complexity index is 136. The molecule has 0 aromatic heterocycles. The molecule has 0 aliphatic rings. The van der Waals surface area contributed by atoms with Crippen LogP contribution >= 0.6 is 7.26 Å². The molecular weight excluding hydrogens is 207 g/mol. The van der Waals surface area contributed by atoms with Crippen LogP contribution in [0.3, 0.4) is 0 Å². The van der Waals surface area contributed by atoms with Crippen molar-refractivity contribution in [3.05, 3.63) is 0 Å². The molecule has 0 amide bonds. The van der Waals surface area contributed by atoms with Crippen molar-refractivity contribution in [3.8, 4) is 0 Å². The normalized spacial score (nSPS) is 15.2. The molecule has 0 aliphatic heterocycles. The highest BCUT2D eigenvalue weighted by molar-refractivity contribution is 7.79. The Labute approximate surface area is 87.9 Å². The third-order valence-electron chi connectivity index (χ3n) is 2.42. The first-order valence-corrected chi connectivity index (χ1v) is 15.5. The van der Waals surface area contributed by atoms with Gasteiger partial charge in [-0.05, 0) is 0 Å². The van der Waals surface area contributed by atoms with E-state index in [1.54, 1.807) is 0 Å². The highest BCUT2D eigenvalue weighted by atomic mass is 31.2. The van der Waals surface area contributed by atoms with Crippen LogP contribution in [0.5, 0.6) is 0 Å². The van der Waals surface area contributed by atoms with Gasteiger partial charge in [0, 0.05) is 32.2 Å². The maximum absolute atomic E-state index is 2.56. The maximum atomic E-state index is 2.56. The Morgan fingerprint density at radius 1 is 0.692 bits per heavy atom. The van der Waals surface area contributed by atoms with Crippen LogP contribution in [0.25, 0.3) is 0 Å². The van der Waals surface area contributed by atoms with E-state index in [2.05, 4.69) is 59.3 Å². The van der Waals surface area contributed by atoms with Gasteiger partial charge in [0.05, 0.1) is 16.1 Å². The van der Waals surface area contributed by atoms with E-state index in [-0.39, 0.29) is 0 Å². The fraction of sp³-hybridized carbons (Fsp3) is 1.00. The first-order valence-electron chi connectivity index (χ1n) is 5.18. The molecule has 0 heterocycles. The molecule has 0 bridgehead atoms. The third kappa shape index (κ3) is 4.27. The van der Waals surface area contributed by atoms with Gasteiger partial charge in [0.2, 0.25) is 0 Å². The Hall–Kier alpha value is 0.864. The molecule has 0 saturated carbocycles. The number of rotatable bonds is 3. The van der Waals surface area contributed by atoms with E-state index in [0.29, 0.717) is 0 Å². The largest absolute Gasteiger partial charge is 0.0882 e. The van der Waals surface area contributed by atoms with Gasteiger partial charge in [-0.2, -0.15) is 0 Å². The summed E-state index contributed by atoms with van der Waals surface area (Å²) >= 11 is 0. The van der Waals surface area contributed by atoms with Gasteiger partial charge in [-0.1, -0.05) is 39.3 Å². The van der Waals surface area contributed by atoms with E-state index in [1.165, 1.54) is 0 Å². The van der Waals surface area contributed by atoms with Gasteiger partial charge in [0.1, 0.15) is 0 Å². The van der Waals surface area contributed by atoms with Crippen LogP contribution in [0, 0.1) is 0 Å². The Morgan fingerprint density at radius 2 is 0.923 bits per heavy atom. The highest BCUT2D eigenvalue weighted by Gasteiger charge is 2.49. The van der Waals surface area contributed by atoms with Crippen molar-refractivity contribution in [2.24, 2.45) is 0 Å². The summed E-state index contributed by atoms with van der Waals surface area (Å²) in [6.07, 6.45) is 0. The predicted molar refractivity (Wildman–Crippen MR) is 75.2 cm³/mol. The lowest BCUT2D eigenvalue weighted by Crippen LogP contribution is -2.54. The molecule has 0 aromatic rings. The smallest absolute Gasteiger partial charge is 0.0664 e. The van der Waals surface area contributed by atoms with Crippen LogP contribution in [0.15, 0.2) is 0 Å². The van der Waals surface area contributed by atoms with Crippen LogP contribution in [-0.2, 0) is 0 Å². The Kier molecular flexibility index (Phi) is 4.04. The minimum atomic E-state index is -0.946. The molecule has 0 aliphatic carbocycles. The first-order chi connectivity index (χ1) is 5.37. The minimum absolute atomic E-state index is 0.645. The van der Waals surface area contributed by atoms with Crippen LogP contribution in [-0.4, -0.2) is 41.0 Å². The van der Waals surface area contributed by atoms with E-state index in [4.69, 9.17) is 0 Å². The topological polar surface area (TPSA) is 0 Å². The summed E-state index contributed by atoms with van der Waals surface area (Å²) in [5.41, 5.74) is 0. The molecule has 0 atom stereocenters. The van der Waals surface area contributed by atoms with Gasteiger partial charge in [-0.25, -0.2) is 0 Å². The molecule has 0 nitrogen and oxygen atoms in total. The van der Waals surface area contributed by atoms with Gasteiger partial charge < -0.3 is 0 Å². The van der Waals surface area contributed by atoms with Crippen LogP contribution < -0.4 is 0 Å². The zero-order valence-electron chi connectivity index (χ0n) is 11.0. The van der Waals surface area contributed by atoms with Crippen molar-refractivity contribution in [2.75, 3.05) is 20.0 Å². The monoisotopic (exact) mass is 235 g/mol. The van der Waals surface area contributed by atoms with E-state index in [1.807, 2.05) is 0 Å². The second-order valence-corrected chi connectivity index (χ2v) is 24.2. The van der Waals surface area contributed by atoms with Crippen molar-refractivity contribution >= 4 is 23.4 Å². The van der Waals surface area contributed by atoms with Gasteiger partial charge >= 0.3 is 0 Å².